The molecule has 6 heteroatoms. The second kappa shape index (κ2) is 4.02. The van der Waals surface area contributed by atoms with Crippen molar-refractivity contribution < 1.29 is 4.92 Å². The van der Waals surface area contributed by atoms with E-state index in [-0.39, 0.29) is 10.7 Å². The Morgan fingerprint density at radius 3 is 2.21 bits per heavy atom. The normalized spacial score (nSPS) is 10.0. The average Bonchev–Trinajstić information content (AvgIpc) is 2.08. The lowest BCUT2D eigenvalue weighted by Gasteiger charge is -2.13. The van der Waals surface area contributed by atoms with Crippen LogP contribution in [-0.4, -0.2) is 19.0 Å². The number of nitro groups is 1. The molecule has 0 N–H and O–H groups in total. The number of anilines is 1. The molecule has 0 heterocycles. The third kappa shape index (κ3) is 2.08. The molecule has 1 aromatic rings. The van der Waals surface area contributed by atoms with Crippen LogP contribution in [0.5, 0.6) is 0 Å². The summed E-state index contributed by atoms with van der Waals surface area (Å²) in [6.45, 7) is 0. The monoisotopic (exact) mass is 234 g/mol. The first-order chi connectivity index (χ1) is 6.43. The van der Waals surface area contributed by atoms with E-state index in [9.17, 15) is 10.1 Å². The highest BCUT2D eigenvalue weighted by Crippen LogP contribution is 2.35. The minimum absolute atomic E-state index is 0.0515. The van der Waals surface area contributed by atoms with Gasteiger partial charge in [0.25, 0.3) is 5.69 Å². The fourth-order valence-corrected chi connectivity index (χ4v) is 1.35. The van der Waals surface area contributed by atoms with Gasteiger partial charge in [-0.1, -0.05) is 23.2 Å². The van der Waals surface area contributed by atoms with Crippen LogP contribution in [0.2, 0.25) is 10.0 Å². The van der Waals surface area contributed by atoms with Crippen LogP contribution in [0, 0.1) is 10.1 Å². The zero-order chi connectivity index (χ0) is 10.9. The van der Waals surface area contributed by atoms with Crippen LogP contribution in [0.1, 0.15) is 0 Å². The quantitative estimate of drug-likeness (QED) is 0.584. The molecule has 0 atom stereocenters. The fourth-order valence-electron chi connectivity index (χ4n) is 1.03. The molecule has 1 aromatic carbocycles. The number of nitro benzene ring substituents is 1. The number of hydrogen-bond donors (Lipinski definition) is 0. The summed E-state index contributed by atoms with van der Waals surface area (Å²) in [7, 11) is 3.40. The molecule has 0 aliphatic rings. The molecule has 0 amide bonds. The fraction of sp³-hybridized carbons (Fsp3) is 0.250. The van der Waals surface area contributed by atoms with Crippen LogP contribution in [-0.2, 0) is 0 Å². The van der Waals surface area contributed by atoms with Gasteiger partial charge in [-0.25, -0.2) is 0 Å². The molecule has 14 heavy (non-hydrogen) atoms. The van der Waals surface area contributed by atoms with Crippen molar-refractivity contribution in [2.24, 2.45) is 0 Å². The molecule has 0 saturated carbocycles. The van der Waals surface area contributed by atoms with Crippen molar-refractivity contribution in [2.75, 3.05) is 19.0 Å². The van der Waals surface area contributed by atoms with Crippen molar-refractivity contribution in [1.82, 2.24) is 0 Å². The molecular weight excluding hydrogens is 227 g/mol. The van der Waals surface area contributed by atoms with E-state index >= 15 is 0 Å². The smallest absolute Gasteiger partial charge is 0.294 e. The molecule has 76 valence electrons. The van der Waals surface area contributed by atoms with Crippen molar-refractivity contribution >= 4 is 34.6 Å². The van der Waals surface area contributed by atoms with Gasteiger partial charge in [0, 0.05) is 20.2 Å². The molecule has 4 nitrogen and oxygen atoms in total. The minimum Gasteiger partial charge on any atom is -0.372 e. The average molecular weight is 235 g/mol. The maximum atomic E-state index is 10.7. The highest BCUT2D eigenvalue weighted by atomic mass is 35.5. The zero-order valence-electron chi connectivity index (χ0n) is 7.62. The van der Waals surface area contributed by atoms with Crippen LogP contribution >= 0.6 is 23.2 Å². The maximum Gasteiger partial charge on any atom is 0.294 e. The minimum atomic E-state index is -0.489. The standard InChI is InChI=1S/C8H8Cl2N2O2/c1-11(2)7-3-5(9)6(10)4-8(7)12(13)14/h3-4H,1-2H3. The van der Waals surface area contributed by atoms with Gasteiger partial charge in [0.2, 0.25) is 0 Å². The first-order valence-electron chi connectivity index (χ1n) is 3.74. The van der Waals surface area contributed by atoms with E-state index in [2.05, 4.69) is 0 Å². The summed E-state index contributed by atoms with van der Waals surface area (Å²) in [6, 6.07) is 2.72. The van der Waals surface area contributed by atoms with E-state index in [1.165, 1.54) is 12.1 Å². The predicted octanol–water partition coefficient (Wildman–Crippen LogP) is 2.97. The lowest BCUT2D eigenvalue weighted by molar-refractivity contribution is -0.384. The molecule has 0 aromatic heterocycles. The molecule has 0 bridgehead atoms. The van der Waals surface area contributed by atoms with Gasteiger partial charge in [0.1, 0.15) is 5.69 Å². The number of nitrogens with zero attached hydrogens (tertiary/aromatic N) is 2. The molecule has 0 aliphatic heterocycles. The summed E-state index contributed by atoms with van der Waals surface area (Å²) in [5, 5.41) is 11.2. The third-order valence-corrected chi connectivity index (χ3v) is 2.42. The van der Waals surface area contributed by atoms with Crippen LogP contribution in [0.25, 0.3) is 0 Å². The highest BCUT2D eigenvalue weighted by Gasteiger charge is 2.17. The molecule has 0 saturated heterocycles. The zero-order valence-corrected chi connectivity index (χ0v) is 9.13. The van der Waals surface area contributed by atoms with E-state index in [1.54, 1.807) is 19.0 Å². The van der Waals surface area contributed by atoms with Crippen LogP contribution in [0.15, 0.2) is 12.1 Å². The highest BCUT2D eigenvalue weighted by molar-refractivity contribution is 6.42. The van der Waals surface area contributed by atoms with E-state index in [0.717, 1.165) is 0 Å². The molecule has 0 fully saturated rings. The summed E-state index contributed by atoms with van der Waals surface area (Å²) in [5.41, 5.74) is 0.383. The second-order valence-corrected chi connectivity index (χ2v) is 3.72. The predicted molar refractivity (Wildman–Crippen MR) is 57.4 cm³/mol. The molecule has 0 spiro atoms. The Kier molecular flexibility index (Phi) is 3.18. The Labute approximate surface area is 91.2 Å². The summed E-state index contributed by atoms with van der Waals surface area (Å²) < 4.78 is 0. The van der Waals surface area contributed by atoms with Crippen LogP contribution < -0.4 is 4.90 Å². The van der Waals surface area contributed by atoms with Crippen molar-refractivity contribution in [2.45, 2.75) is 0 Å². The van der Waals surface area contributed by atoms with Crippen molar-refractivity contribution in [1.29, 1.82) is 0 Å². The SMILES string of the molecule is CN(C)c1cc(Cl)c(Cl)cc1[N+](=O)[O-]. The van der Waals surface area contributed by atoms with E-state index in [0.29, 0.717) is 10.7 Å². The van der Waals surface area contributed by atoms with Crippen LogP contribution in [0.3, 0.4) is 0 Å². The van der Waals surface area contributed by atoms with Crippen LogP contribution in [0.4, 0.5) is 11.4 Å². The molecule has 1 rings (SSSR count). The van der Waals surface area contributed by atoms with Gasteiger partial charge in [0.15, 0.2) is 0 Å². The first kappa shape index (κ1) is 11.1. The van der Waals surface area contributed by atoms with E-state index in [1.807, 2.05) is 0 Å². The molecule has 0 unspecified atom stereocenters. The largest absolute Gasteiger partial charge is 0.372 e. The summed E-state index contributed by atoms with van der Waals surface area (Å²) in [6.07, 6.45) is 0. The van der Waals surface area contributed by atoms with Gasteiger partial charge in [-0.3, -0.25) is 10.1 Å². The van der Waals surface area contributed by atoms with E-state index < -0.39 is 4.92 Å². The molecule has 0 radical (unpaired) electrons. The van der Waals surface area contributed by atoms with Gasteiger partial charge in [-0.15, -0.1) is 0 Å². The number of rotatable bonds is 2. The van der Waals surface area contributed by atoms with E-state index in [4.69, 9.17) is 23.2 Å². The lowest BCUT2D eigenvalue weighted by Crippen LogP contribution is -2.11. The van der Waals surface area contributed by atoms with Gasteiger partial charge in [-0.2, -0.15) is 0 Å². The van der Waals surface area contributed by atoms with Gasteiger partial charge in [0.05, 0.1) is 15.0 Å². The summed E-state index contributed by atoms with van der Waals surface area (Å²) in [5.74, 6) is 0. The lowest BCUT2D eigenvalue weighted by atomic mass is 10.2. The Hall–Kier alpha value is -1.00. The van der Waals surface area contributed by atoms with Gasteiger partial charge >= 0.3 is 0 Å². The first-order valence-corrected chi connectivity index (χ1v) is 4.50. The molecule has 0 aliphatic carbocycles. The Morgan fingerprint density at radius 2 is 1.79 bits per heavy atom. The Morgan fingerprint density at radius 1 is 1.29 bits per heavy atom. The van der Waals surface area contributed by atoms with Crippen molar-refractivity contribution in [3.63, 3.8) is 0 Å². The number of benzene rings is 1. The molecular formula is C8H8Cl2N2O2. The van der Waals surface area contributed by atoms with Crippen molar-refractivity contribution in [3.05, 3.63) is 32.3 Å². The second-order valence-electron chi connectivity index (χ2n) is 2.91. The maximum absolute atomic E-state index is 10.7. The Bertz CT molecular complexity index is 380. The summed E-state index contributed by atoms with van der Waals surface area (Å²) >= 11 is 11.4. The van der Waals surface area contributed by atoms with Crippen molar-refractivity contribution in [3.8, 4) is 0 Å². The number of hydrogen-bond acceptors (Lipinski definition) is 3. The summed E-state index contributed by atoms with van der Waals surface area (Å²) in [4.78, 5) is 11.8. The van der Waals surface area contributed by atoms with Gasteiger partial charge in [-0.05, 0) is 6.07 Å². The third-order valence-electron chi connectivity index (χ3n) is 1.70. The van der Waals surface area contributed by atoms with Gasteiger partial charge < -0.3 is 4.90 Å². The Balaban J connectivity index is 3.39. The topological polar surface area (TPSA) is 46.4 Å². The number of halogens is 2.